The van der Waals surface area contributed by atoms with Crippen LogP contribution in [0.2, 0.25) is 10.0 Å². The van der Waals surface area contributed by atoms with Crippen LogP contribution in [-0.2, 0) is 0 Å². The minimum Gasteiger partial charge on any atom is -0.327 e. The van der Waals surface area contributed by atoms with Crippen molar-refractivity contribution in [1.29, 1.82) is 0 Å². The first-order valence-electron chi connectivity index (χ1n) is 3.93. The van der Waals surface area contributed by atoms with E-state index in [2.05, 4.69) is 0 Å². The van der Waals surface area contributed by atoms with Crippen molar-refractivity contribution in [3.05, 3.63) is 28.2 Å². The number of nitrogens with two attached hydrogens (primary N) is 1. The average Bonchev–Trinajstić information content (AvgIpc) is 2.07. The van der Waals surface area contributed by atoms with Gasteiger partial charge in [0.25, 0.3) is 0 Å². The van der Waals surface area contributed by atoms with Gasteiger partial charge in [0.2, 0.25) is 0 Å². The Morgan fingerprint density at radius 3 is 2.62 bits per heavy atom. The molecule has 0 saturated heterocycles. The lowest BCUT2D eigenvalue weighted by Gasteiger charge is -2.05. The van der Waals surface area contributed by atoms with Gasteiger partial charge in [-0.1, -0.05) is 23.2 Å². The van der Waals surface area contributed by atoms with E-state index < -0.39 is 0 Å². The van der Waals surface area contributed by atoms with Crippen LogP contribution in [0.3, 0.4) is 0 Å². The molecule has 0 amide bonds. The molecule has 0 spiro atoms. The first-order chi connectivity index (χ1) is 6.09. The van der Waals surface area contributed by atoms with E-state index in [1.807, 2.05) is 19.1 Å². The number of thioether (sulfide) groups is 1. The Bertz CT molecular complexity index is 289. The second-order valence-corrected chi connectivity index (χ2v) is 4.77. The highest BCUT2D eigenvalue weighted by Crippen LogP contribution is 2.27. The molecular formula is C9H11Cl2NS. The number of rotatable bonds is 3. The Morgan fingerprint density at radius 2 is 2.08 bits per heavy atom. The maximum Gasteiger partial charge on any atom is 0.0603 e. The van der Waals surface area contributed by atoms with Gasteiger partial charge in [-0.15, -0.1) is 11.8 Å². The number of benzene rings is 1. The minimum atomic E-state index is 0.194. The van der Waals surface area contributed by atoms with Crippen LogP contribution in [0.25, 0.3) is 0 Å². The van der Waals surface area contributed by atoms with Crippen LogP contribution in [-0.4, -0.2) is 11.8 Å². The second-order valence-electron chi connectivity index (χ2n) is 2.86. The van der Waals surface area contributed by atoms with E-state index in [-0.39, 0.29) is 6.04 Å². The molecular weight excluding hydrogens is 225 g/mol. The zero-order valence-electron chi connectivity index (χ0n) is 7.26. The van der Waals surface area contributed by atoms with Gasteiger partial charge in [0, 0.05) is 16.7 Å². The summed E-state index contributed by atoms with van der Waals surface area (Å²) in [4.78, 5) is 1.10. The summed E-state index contributed by atoms with van der Waals surface area (Å²) in [6.45, 7) is 1.98. The van der Waals surface area contributed by atoms with Gasteiger partial charge in [-0.25, -0.2) is 0 Å². The molecule has 0 radical (unpaired) electrons. The van der Waals surface area contributed by atoms with Crippen molar-refractivity contribution < 1.29 is 0 Å². The van der Waals surface area contributed by atoms with Crippen molar-refractivity contribution in [3.63, 3.8) is 0 Å². The molecule has 0 fully saturated rings. The van der Waals surface area contributed by atoms with E-state index in [4.69, 9.17) is 28.9 Å². The van der Waals surface area contributed by atoms with Crippen LogP contribution < -0.4 is 5.73 Å². The Hall–Kier alpha value is 0.110. The molecule has 1 aromatic rings. The lowest BCUT2D eigenvalue weighted by molar-refractivity contribution is 0.847. The number of hydrogen-bond acceptors (Lipinski definition) is 2. The molecule has 0 unspecified atom stereocenters. The highest BCUT2D eigenvalue weighted by Gasteiger charge is 2.01. The van der Waals surface area contributed by atoms with Gasteiger partial charge in [-0.3, -0.25) is 0 Å². The standard InChI is InChI=1S/C9H11Cl2NS/c1-6(12)5-13-7-2-3-8(10)9(11)4-7/h2-4,6H,5,12H2,1H3/t6-/m0/s1. The third kappa shape index (κ3) is 3.77. The fraction of sp³-hybridized carbons (Fsp3) is 0.333. The van der Waals surface area contributed by atoms with Crippen molar-refractivity contribution in [2.24, 2.45) is 5.73 Å². The average molecular weight is 236 g/mol. The van der Waals surface area contributed by atoms with E-state index in [0.29, 0.717) is 10.0 Å². The fourth-order valence-corrected chi connectivity index (χ4v) is 1.98. The van der Waals surface area contributed by atoms with Crippen LogP contribution >= 0.6 is 35.0 Å². The van der Waals surface area contributed by atoms with Crippen molar-refractivity contribution >= 4 is 35.0 Å². The van der Waals surface area contributed by atoms with E-state index in [1.165, 1.54) is 0 Å². The van der Waals surface area contributed by atoms with Crippen molar-refractivity contribution in [1.82, 2.24) is 0 Å². The molecule has 1 rings (SSSR count). The molecule has 1 atom stereocenters. The van der Waals surface area contributed by atoms with E-state index in [9.17, 15) is 0 Å². The highest BCUT2D eigenvalue weighted by molar-refractivity contribution is 7.99. The predicted molar refractivity (Wildman–Crippen MR) is 60.8 cm³/mol. The Balaban J connectivity index is 2.63. The maximum absolute atomic E-state index is 5.85. The van der Waals surface area contributed by atoms with Crippen LogP contribution in [0.15, 0.2) is 23.1 Å². The molecule has 0 saturated carbocycles. The van der Waals surface area contributed by atoms with Crippen LogP contribution in [0, 0.1) is 0 Å². The van der Waals surface area contributed by atoms with Crippen LogP contribution in [0.5, 0.6) is 0 Å². The normalized spacial score (nSPS) is 12.9. The number of halogens is 2. The molecule has 13 heavy (non-hydrogen) atoms. The summed E-state index contributed by atoms with van der Waals surface area (Å²) in [5, 5.41) is 1.18. The minimum absolute atomic E-state index is 0.194. The first-order valence-corrected chi connectivity index (χ1v) is 5.67. The molecule has 0 bridgehead atoms. The van der Waals surface area contributed by atoms with Gasteiger partial charge in [0.05, 0.1) is 10.0 Å². The van der Waals surface area contributed by atoms with Gasteiger partial charge >= 0.3 is 0 Å². The largest absolute Gasteiger partial charge is 0.327 e. The van der Waals surface area contributed by atoms with Crippen molar-refractivity contribution in [3.8, 4) is 0 Å². The van der Waals surface area contributed by atoms with Gasteiger partial charge in [0.1, 0.15) is 0 Å². The predicted octanol–water partition coefficient (Wildman–Crippen LogP) is 3.43. The molecule has 0 aliphatic heterocycles. The number of hydrogen-bond donors (Lipinski definition) is 1. The molecule has 4 heteroatoms. The lowest BCUT2D eigenvalue weighted by Crippen LogP contribution is -2.17. The SMILES string of the molecule is C[C@H](N)CSc1ccc(Cl)c(Cl)c1. The highest BCUT2D eigenvalue weighted by atomic mass is 35.5. The summed E-state index contributed by atoms with van der Waals surface area (Å²) in [5.41, 5.74) is 5.63. The fourth-order valence-electron chi connectivity index (χ4n) is 0.794. The topological polar surface area (TPSA) is 26.0 Å². The Morgan fingerprint density at radius 1 is 1.38 bits per heavy atom. The van der Waals surface area contributed by atoms with Crippen molar-refractivity contribution in [2.45, 2.75) is 17.9 Å². The summed E-state index contributed by atoms with van der Waals surface area (Å²) in [6, 6.07) is 5.80. The quantitative estimate of drug-likeness (QED) is 0.813. The second kappa shape index (κ2) is 5.11. The molecule has 72 valence electrons. The smallest absolute Gasteiger partial charge is 0.0603 e. The Labute approximate surface area is 92.6 Å². The lowest BCUT2D eigenvalue weighted by atomic mass is 10.4. The Kier molecular flexibility index (Phi) is 4.39. The maximum atomic E-state index is 5.85. The van der Waals surface area contributed by atoms with E-state index >= 15 is 0 Å². The molecule has 1 aromatic carbocycles. The van der Waals surface area contributed by atoms with E-state index in [0.717, 1.165) is 10.6 Å². The zero-order chi connectivity index (χ0) is 9.84. The third-order valence-corrected chi connectivity index (χ3v) is 3.42. The molecule has 0 heterocycles. The summed E-state index contributed by atoms with van der Waals surface area (Å²) in [6.07, 6.45) is 0. The molecule has 0 aliphatic carbocycles. The van der Waals surface area contributed by atoms with Gasteiger partial charge < -0.3 is 5.73 Å². The van der Waals surface area contributed by atoms with E-state index in [1.54, 1.807) is 17.8 Å². The van der Waals surface area contributed by atoms with Crippen molar-refractivity contribution in [2.75, 3.05) is 5.75 Å². The molecule has 2 N–H and O–H groups in total. The van der Waals surface area contributed by atoms with Crippen LogP contribution in [0.4, 0.5) is 0 Å². The molecule has 0 aromatic heterocycles. The monoisotopic (exact) mass is 235 g/mol. The molecule has 0 aliphatic rings. The van der Waals surface area contributed by atoms with Gasteiger partial charge in [0.15, 0.2) is 0 Å². The summed E-state index contributed by atoms with van der Waals surface area (Å²) in [5.74, 6) is 0.887. The summed E-state index contributed by atoms with van der Waals surface area (Å²) >= 11 is 13.3. The van der Waals surface area contributed by atoms with Gasteiger partial charge in [-0.05, 0) is 25.1 Å². The van der Waals surface area contributed by atoms with Crippen LogP contribution in [0.1, 0.15) is 6.92 Å². The molecule has 1 nitrogen and oxygen atoms in total. The summed E-state index contributed by atoms with van der Waals surface area (Å²) < 4.78 is 0. The first kappa shape index (κ1) is 11.2. The summed E-state index contributed by atoms with van der Waals surface area (Å²) in [7, 11) is 0. The zero-order valence-corrected chi connectivity index (χ0v) is 9.59. The van der Waals surface area contributed by atoms with Gasteiger partial charge in [-0.2, -0.15) is 0 Å². The third-order valence-electron chi connectivity index (χ3n) is 1.40.